The number of hydrogen-bond acceptors (Lipinski definition) is 4. The normalized spacial score (nSPS) is 11.2. The number of phenolic OH excluding ortho intramolecular Hbond substituents is 1. The number of aromatic nitrogens is 2. The van der Waals surface area contributed by atoms with Gasteiger partial charge in [-0.15, -0.1) is 0 Å². The Kier molecular flexibility index (Phi) is 4.60. The Morgan fingerprint density at radius 1 is 1.11 bits per heavy atom. The van der Waals surface area contributed by atoms with Gasteiger partial charge in [0.15, 0.2) is 0 Å². The topological polar surface area (TPSA) is 90.4 Å². The minimum atomic E-state index is -0.486. The van der Waals surface area contributed by atoms with Gasteiger partial charge < -0.3 is 5.11 Å². The third-order valence-electron chi connectivity index (χ3n) is 4.49. The molecule has 0 fully saturated rings. The van der Waals surface area contributed by atoms with Crippen molar-refractivity contribution in [2.75, 3.05) is 0 Å². The van der Waals surface area contributed by atoms with E-state index in [9.17, 15) is 9.90 Å². The van der Waals surface area contributed by atoms with Crippen molar-refractivity contribution in [3.05, 3.63) is 83.6 Å². The maximum absolute atomic E-state index is 12.4. The van der Waals surface area contributed by atoms with E-state index in [1.807, 2.05) is 55.5 Å². The molecule has 0 radical (unpaired) electrons. The summed E-state index contributed by atoms with van der Waals surface area (Å²) in [5.74, 6) is -0.574. The Bertz CT molecular complexity index is 1180. The molecule has 1 amide bonds. The Balaban J connectivity index is 1.53. The number of hydrazone groups is 1. The number of aromatic amines is 1. The van der Waals surface area contributed by atoms with Crippen molar-refractivity contribution >= 4 is 22.9 Å². The number of rotatable bonds is 4. The fraction of sp³-hybridized carbons (Fsp3) is 0.0455. The number of H-pyrrole nitrogens is 1. The summed E-state index contributed by atoms with van der Waals surface area (Å²) >= 11 is 0. The summed E-state index contributed by atoms with van der Waals surface area (Å²) in [7, 11) is 0. The first kappa shape index (κ1) is 17.5. The van der Waals surface area contributed by atoms with Crippen LogP contribution in [-0.4, -0.2) is 27.4 Å². The molecular formula is C22H18N4O2. The summed E-state index contributed by atoms with van der Waals surface area (Å²) in [4.78, 5) is 12.4. The van der Waals surface area contributed by atoms with Gasteiger partial charge in [-0.2, -0.15) is 10.2 Å². The third-order valence-corrected chi connectivity index (χ3v) is 4.49. The molecule has 1 aromatic heterocycles. The lowest BCUT2D eigenvalue weighted by molar-refractivity contribution is 0.0952. The molecular weight excluding hydrogens is 352 g/mol. The molecule has 0 aliphatic heterocycles. The quantitative estimate of drug-likeness (QED) is 0.374. The maximum Gasteiger partial charge on any atom is 0.275 e. The molecule has 0 aliphatic rings. The third kappa shape index (κ3) is 3.48. The van der Waals surface area contributed by atoms with Crippen LogP contribution in [0.3, 0.4) is 0 Å². The summed E-state index contributed by atoms with van der Waals surface area (Å²) in [6.07, 6.45) is 3.16. The van der Waals surface area contributed by atoms with Crippen LogP contribution in [0, 0.1) is 6.92 Å². The molecule has 1 heterocycles. The zero-order valence-electron chi connectivity index (χ0n) is 15.2. The highest BCUT2D eigenvalue weighted by Gasteiger charge is 2.12. The van der Waals surface area contributed by atoms with Gasteiger partial charge in [-0.3, -0.25) is 9.89 Å². The van der Waals surface area contributed by atoms with E-state index in [4.69, 9.17) is 0 Å². The largest absolute Gasteiger partial charge is 0.507 e. The monoisotopic (exact) mass is 370 g/mol. The molecule has 0 saturated heterocycles. The summed E-state index contributed by atoms with van der Waals surface area (Å²) < 4.78 is 0. The van der Waals surface area contributed by atoms with E-state index >= 15 is 0 Å². The standard InChI is InChI=1S/C22H18N4O2/c1-14-6-8-15(9-7-14)21-18(12-23-25-21)13-24-26-22(28)19-10-16-4-2-3-5-17(16)11-20(19)27/h2-13,27H,1H3,(H,23,25)(H,26,28)/b24-13-. The highest BCUT2D eigenvalue weighted by Crippen LogP contribution is 2.25. The highest BCUT2D eigenvalue weighted by atomic mass is 16.3. The van der Waals surface area contributed by atoms with Crippen molar-refractivity contribution in [2.45, 2.75) is 6.92 Å². The van der Waals surface area contributed by atoms with Gasteiger partial charge in [-0.25, -0.2) is 5.43 Å². The van der Waals surface area contributed by atoms with Gasteiger partial charge in [0, 0.05) is 11.1 Å². The molecule has 0 saturated carbocycles. The number of nitrogens with one attached hydrogen (secondary N) is 2. The van der Waals surface area contributed by atoms with Gasteiger partial charge in [0.2, 0.25) is 0 Å². The molecule has 3 N–H and O–H groups in total. The number of hydrogen-bond donors (Lipinski definition) is 3. The van der Waals surface area contributed by atoms with Crippen LogP contribution in [-0.2, 0) is 0 Å². The lowest BCUT2D eigenvalue weighted by atomic mass is 10.1. The van der Waals surface area contributed by atoms with E-state index in [1.54, 1.807) is 18.3 Å². The second-order valence-corrected chi connectivity index (χ2v) is 6.48. The summed E-state index contributed by atoms with van der Waals surface area (Å²) in [5, 5.41) is 22.9. The smallest absolute Gasteiger partial charge is 0.275 e. The van der Waals surface area contributed by atoms with Crippen molar-refractivity contribution in [1.82, 2.24) is 15.6 Å². The average molecular weight is 370 g/mol. The molecule has 0 atom stereocenters. The van der Waals surface area contributed by atoms with Gasteiger partial charge in [0.25, 0.3) is 5.91 Å². The number of phenols is 1. The molecule has 6 nitrogen and oxygen atoms in total. The van der Waals surface area contributed by atoms with Gasteiger partial charge in [0.05, 0.1) is 23.7 Å². The summed E-state index contributed by atoms with van der Waals surface area (Å²) in [6, 6.07) is 18.7. The number of nitrogens with zero attached hydrogens (tertiary/aromatic N) is 2. The van der Waals surface area contributed by atoms with Crippen molar-refractivity contribution in [2.24, 2.45) is 5.10 Å². The van der Waals surface area contributed by atoms with Gasteiger partial charge in [-0.05, 0) is 29.8 Å². The lowest BCUT2D eigenvalue weighted by Gasteiger charge is -2.05. The Hall–Kier alpha value is -3.93. The molecule has 0 aliphatic carbocycles. The predicted octanol–water partition coefficient (Wildman–Crippen LogP) is 4.01. The van der Waals surface area contributed by atoms with E-state index in [0.717, 1.165) is 27.6 Å². The fourth-order valence-corrected chi connectivity index (χ4v) is 2.98. The number of aromatic hydroxyl groups is 1. The van der Waals surface area contributed by atoms with Crippen molar-refractivity contribution in [1.29, 1.82) is 0 Å². The Labute approximate surface area is 161 Å². The molecule has 0 unspecified atom stereocenters. The number of aryl methyl sites for hydroxylation is 1. The maximum atomic E-state index is 12.4. The SMILES string of the molecule is Cc1ccc(-c2[nH]ncc2/C=N\NC(=O)c2cc3ccccc3cc2O)cc1. The van der Waals surface area contributed by atoms with Crippen LogP contribution < -0.4 is 5.43 Å². The van der Waals surface area contributed by atoms with E-state index < -0.39 is 5.91 Å². The number of fused-ring (bicyclic) bond motifs is 1. The van der Waals surface area contributed by atoms with E-state index in [2.05, 4.69) is 20.7 Å². The number of carbonyl (C=O) groups is 1. The lowest BCUT2D eigenvalue weighted by Crippen LogP contribution is -2.17. The molecule has 3 aromatic carbocycles. The average Bonchev–Trinajstić information content (AvgIpc) is 3.16. The van der Waals surface area contributed by atoms with Gasteiger partial charge in [0.1, 0.15) is 5.75 Å². The first-order valence-corrected chi connectivity index (χ1v) is 8.77. The van der Waals surface area contributed by atoms with E-state index in [0.29, 0.717) is 0 Å². The molecule has 4 aromatic rings. The first-order valence-electron chi connectivity index (χ1n) is 8.77. The zero-order chi connectivity index (χ0) is 19.5. The minimum absolute atomic E-state index is 0.0879. The Morgan fingerprint density at radius 3 is 2.57 bits per heavy atom. The number of benzene rings is 3. The van der Waals surface area contributed by atoms with Crippen LogP contribution in [0.15, 0.2) is 72.0 Å². The van der Waals surface area contributed by atoms with Crippen LogP contribution in [0.2, 0.25) is 0 Å². The van der Waals surface area contributed by atoms with Gasteiger partial charge in [-0.1, -0.05) is 54.1 Å². The van der Waals surface area contributed by atoms with Crippen LogP contribution in [0.25, 0.3) is 22.0 Å². The molecule has 0 spiro atoms. The summed E-state index contributed by atoms with van der Waals surface area (Å²) in [5.41, 5.74) is 6.32. The first-order chi connectivity index (χ1) is 13.6. The van der Waals surface area contributed by atoms with E-state index in [1.165, 1.54) is 11.8 Å². The second kappa shape index (κ2) is 7.36. The molecule has 6 heteroatoms. The predicted molar refractivity (Wildman–Crippen MR) is 109 cm³/mol. The fourth-order valence-electron chi connectivity index (χ4n) is 2.98. The number of carbonyl (C=O) groups excluding carboxylic acids is 1. The minimum Gasteiger partial charge on any atom is -0.507 e. The van der Waals surface area contributed by atoms with Crippen molar-refractivity contribution < 1.29 is 9.90 Å². The zero-order valence-corrected chi connectivity index (χ0v) is 15.2. The second-order valence-electron chi connectivity index (χ2n) is 6.48. The van der Waals surface area contributed by atoms with Crippen LogP contribution in [0.5, 0.6) is 5.75 Å². The van der Waals surface area contributed by atoms with Crippen molar-refractivity contribution in [3.63, 3.8) is 0 Å². The van der Waals surface area contributed by atoms with Crippen LogP contribution >= 0.6 is 0 Å². The highest BCUT2D eigenvalue weighted by molar-refractivity contribution is 6.02. The van der Waals surface area contributed by atoms with Crippen molar-refractivity contribution in [3.8, 4) is 17.0 Å². The Morgan fingerprint density at radius 2 is 1.82 bits per heavy atom. The summed E-state index contributed by atoms with van der Waals surface area (Å²) in [6.45, 7) is 2.02. The number of amides is 1. The van der Waals surface area contributed by atoms with Crippen LogP contribution in [0.1, 0.15) is 21.5 Å². The van der Waals surface area contributed by atoms with E-state index in [-0.39, 0.29) is 11.3 Å². The molecule has 28 heavy (non-hydrogen) atoms. The van der Waals surface area contributed by atoms with Crippen LogP contribution in [0.4, 0.5) is 0 Å². The van der Waals surface area contributed by atoms with Gasteiger partial charge >= 0.3 is 0 Å². The molecule has 138 valence electrons. The molecule has 4 rings (SSSR count). The molecule has 0 bridgehead atoms.